The molecule has 682 valence electrons. The van der Waals surface area contributed by atoms with Crippen molar-refractivity contribution in [3.8, 4) is 168 Å². The molecule has 0 spiro atoms. The second kappa shape index (κ2) is 35.0. The third kappa shape index (κ3) is 15.2. The van der Waals surface area contributed by atoms with Crippen molar-refractivity contribution in [2.24, 2.45) is 0 Å². The maximum atomic E-state index is 6.08. The van der Waals surface area contributed by atoms with Crippen LogP contribution in [0.1, 0.15) is 44.5 Å². The maximum absolute atomic E-state index is 6.08. The molecular weight excluding hydrogens is 1750 g/mol. The van der Waals surface area contributed by atoms with Gasteiger partial charge in [0.25, 0.3) is 0 Å². The lowest BCUT2D eigenvalue weighted by atomic mass is 9.96. The van der Waals surface area contributed by atoms with Crippen LogP contribution in [-0.4, -0.2) is 38.2 Å². The van der Waals surface area contributed by atoms with Gasteiger partial charge in [0.1, 0.15) is 0 Å². The average molecular weight is 1840 g/mol. The Labute approximate surface area is 836 Å². The van der Waals surface area contributed by atoms with Gasteiger partial charge in [0.05, 0.1) is 78.3 Å². The van der Waals surface area contributed by atoms with Gasteiger partial charge in [0.2, 0.25) is 0 Å². The summed E-state index contributed by atoms with van der Waals surface area (Å²) in [6.45, 7) is 17.2. The van der Waals surface area contributed by atoms with Gasteiger partial charge in [-0.05, 0) is 295 Å². The molecule has 26 rings (SSSR count). The molecular formula is C136H98N8. The van der Waals surface area contributed by atoms with E-state index in [0.29, 0.717) is 17.2 Å². The van der Waals surface area contributed by atoms with Gasteiger partial charge in [-0.2, -0.15) is 0 Å². The monoisotopic (exact) mass is 1840 g/mol. The van der Waals surface area contributed by atoms with E-state index >= 15 is 0 Å². The van der Waals surface area contributed by atoms with E-state index in [9.17, 15) is 0 Å². The minimum Gasteiger partial charge on any atom is -0.309 e. The minimum atomic E-state index is 0.556. The number of pyridine rings is 2. The second-order valence-electron chi connectivity index (χ2n) is 39.2. The lowest BCUT2D eigenvalue weighted by Crippen LogP contribution is -2.04. The quantitative estimate of drug-likeness (QED) is 0.0911. The van der Waals surface area contributed by atoms with Crippen LogP contribution in [0.15, 0.2) is 449 Å². The highest BCUT2D eigenvalue weighted by molar-refractivity contribution is 6.17. The second-order valence-corrected chi connectivity index (χ2v) is 39.2. The Balaban J connectivity index is 0.752. The largest absolute Gasteiger partial charge is 0.309 e. The van der Waals surface area contributed by atoms with Gasteiger partial charge < -0.3 is 18.3 Å². The van der Waals surface area contributed by atoms with E-state index < -0.39 is 0 Å². The minimum absolute atomic E-state index is 0.556. The molecule has 0 saturated carbocycles. The van der Waals surface area contributed by atoms with Crippen molar-refractivity contribution in [2.45, 2.75) is 55.4 Å². The van der Waals surface area contributed by atoms with E-state index in [2.05, 4.69) is 511 Å². The Bertz CT molecular complexity index is 8690. The van der Waals surface area contributed by atoms with Crippen molar-refractivity contribution in [2.75, 3.05) is 0 Å². The Morgan fingerprint density at radius 1 is 0.153 bits per heavy atom. The van der Waals surface area contributed by atoms with Crippen molar-refractivity contribution in [3.05, 3.63) is 494 Å². The molecule has 0 aliphatic carbocycles. The van der Waals surface area contributed by atoms with E-state index in [1.165, 1.54) is 44.5 Å². The van der Waals surface area contributed by atoms with Gasteiger partial charge in [0, 0.05) is 95.7 Å². The molecule has 0 bridgehead atoms. The van der Waals surface area contributed by atoms with Crippen molar-refractivity contribution in [1.29, 1.82) is 0 Å². The van der Waals surface area contributed by atoms with Gasteiger partial charge in [-0.25, -0.2) is 9.97 Å². The molecule has 26 aromatic rings. The summed E-state index contributed by atoms with van der Waals surface area (Å²) in [6, 6.07) is 159. The molecule has 0 saturated heterocycles. The molecule has 0 atom stereocenters. The molecule has 0 aliphatic rings. The Kier molecular flexibility index (Phi) is 20.9. The summed E-state index contributed by atoms with van der Waals surface area (Å²) in [5, 5.41) is 9.08. The summed E-state index contributed by atoms with van der Waals surface area (Å²) in [4.78, 5) is 22.4. The van der Waals surface area contributed by atoms with Crippen LogP contribution in [0.2, 0.25) is 0 Å². The molecule has 19 aromatic carbocycles. The van der Waals surface area contributed by atoms with E-state index in [1.807, 2.05) is 12.4 Å². The van der Waals surface area contributed by atoms with Crippen LogP contribution in [0.3, 0.4) is 0 Å². The number of aromatic nitrogens is 8. The zero-order valence-corrected chi connectivity index (χ0v) is 81.3. The molecule has 0 fully saturated rings. The molecule has 0 amide bonds. The van der Waals surface area contributed by atoms with Gasteiger partial charge in [-0.1, -0.05) is 330 Å². The predicted octanol–water partition coefficient (Wildman–Crippen LogP) is 35.8. The first-order valence-corrected chi connectivity index (χ1v) is 49.6. The first-order chi connectivity index (χ1) is 70.6. The van der Waals surface area contributed by atoms with Gasteiger partial charge in [0.15, 0.2) is 5.82 Å². The van der Waals surface area contributed by atoms with Crippen LogP contribution in [0.25, 0.3) is 255 Å². The number of benzene rings is 19. The summed E-state index contributed by atoms with van der Waals surface area (Å²) in [5.41, 5.74) is 48.2. The first-order valence-electron chi connectivity index (χ1n) is 49.6. The van der Waals surface area contributed by atoms with E-state index in [0.717, 1.165) is 238 Å². The molecule has 8 heteroatoms. The first kappa shape index (κ1) is 86.1. The van der Waals surface area contributed by atoms with Crippen LogP contribution in [0.5, 0.6) is 0 Å². The van der Waals surface area contributed by atoms with E-state index in [-0.39, 0.29) is 0 Å². The normalized spacial score (nSPS) is 11.8. The fraction of sp³-hybridized carbons (Fsp3) is 0.0588. The molecule has 0 unspecified atom stereocenters. The number of aryl methyl sites for hydroxylation is 8. The van der Waals surface area contributed by atoms with Crippen molar-refractivity contribution in [3.63, 3.8) is 0 Å². The summed E-state index contributed by atoms with van der Waals surface area (Å²) in [7, 11) is 0. The van der Waals surface area contributed by atoms with Crippen LogP contribution < -0.4 is 0 Å². The Morgan fingerprint density at radius 3 is 0.562 bits per heavy atom. The fourth-order valence-corrected chi connectivity index (χ4v) is 21.8. The lowest BCUT2D eigenvalue weighted by molar-refractivity contribution is 1.13. The zero-order valence-electron chi connectivity index (χ0n) is 81.3. The van der Waals surface area contributed by atoms with E-state index in [4.69, 9.17) is 19.9 Å². The molecule has 7 aromatic heterocycles. The standard InChI is InChI=1S/C136H98N8/c1-83-14-30-91(31-15-83)100-46-56-124-110(70-100)111-71-101(92-32-16-84(2)17-33-92)47-57-125(111)141(124)132-64-54-108(120-81-137-68-66-134(120)143-128-60-50-104(95-38-22-87(5)23-39-95)74-114(128)115-75-105(51-61-129(115)143)96-40-24-88(6)25-41-96)78-118(132)122-80-123(140-136(139-122)99-12-10-9-11-13-99)119-79-109(55-65-133(119)142-126-58-48-102(93-34-18-85(3)19-35-93)72-112(126)113-73-103(49-59-127(113)142)94-36-20-86(4)21-37-94)121-82-138-69-67-135(121)144-130-62-52-106(97-42-26-89(7)27-43-97)76-116(130)117-77-107(53-63-131(117)144)98-44-28-90(8)29-45-98/h9-82H,1-8H3. The summed E-state index contributed by atoms with van der Waals surface area (Å²) >= 11 is 0. The zero-order chi connectivity index (χ0) is 96.6. The smallest absolute Gasteiger partial charge is 0.160 e. The highest BCUT2D eigenvalue weighted by Gasteiger charge is 2.29. The van der Waals surface area contributed by atoms with Crippen molar-refractivity contribution in [1.82, 2.24) is 38.2 Å². The van der Waals surface area contributed by atoms with Crippen molar-refractivity contribution >= 4 is 87.2 Å². The Hall–Kier alpha value is -18.2. The van der Waals surface area contributed by atoms with E-state index in [1.54, 1.807) is 0 Å². The lowest BCUT2D eigenvalue weighted by Gasteiger charge is -2.20. The third-order valence-corrected chi connectivity index (χ3v) is 29.6. The number of rotatable bonds is 17. The fourth-order valence-electron chi connectivity index (χ4n) is 21.8. The molecule has 0 radical (unpaired) electrons. The van der Waals surface area contributed by atoms with Gasteiger partial charge >= 0.3 is 0 Å². The molecule has 8 nitrogen and oxygen atoms in total. The number of hydrogen-bond donors (Lipinski definition) is 0. The van der Waals surface area contributed by atoms with Crippen LogP contribution >= 0.6 is 0 Å². The summed E-state index contributed by atoms with van der Waals surface area (Å²) in [6.07, 6.45) is 8.00. The maximum Gasteiger partial charge on any atom is 0.160 e. The number of nitrogens with zero attached hydrogens (tertiary/aromatic N) is 8. The van der Waals surface area contributed by atoms with Crippen LogP contribution in [0.4, 0.5) is 0 Å². The van der Waals surface area contributed by atoms with Crippen LogP contribution in [-0.2, 0) is 0 Å². The van der Waals surface area contributed by atoms with Crippen LogP contribution in [0, 0.1) is 55.4 Å². The molecule has 0 N–H and O–H groups in total. The number of fused-ring (bicyclic) bond motifs is 12. The highest BCUT2D eigenvalue weighted by atomic mass is 15.0. The highest BCUT2D eigenvalue weighted by Crippen LogP contribution is 2.50. The summed E-state index contributed by atoms with van der Waals surface area (Å²) < 4.78 is 9.91. The molecule has 0 aliphatic heterocycles. The predicted molar refractivity (Wildman–Crippen MR) is 604 cm³/mol. The average Bonchev–Trinajstić information content (AvgIpc) is 1.57. The Morgan fingerprint density at radius 2 is 0.347 bits per heavy atom. The van der Waals surface area contributed by atoms with Gasteiger partial charge in [-0.15, -0.1) is 0 Å². The third-order valence-electron chi connectivity index (χ3n) is 29.6. The number of hydrogen-bond acceptors (Lipinski definition) is 4. The SMILES string of the molecule is Cc1ccc(-c2ccc3c(c2)c2cc(-c4ccc(C)cc4)ccc2n3-c2ccncc2-c2ccc(-n3c4ccc(-c5ccc(C)cc5)cc4c4cc(-c5ccc(C)cc5)ccc43)c(-c3cc(-c4cc(-c5cnccc5-n5c6ccc(-c7ccc(C)cc7)cc6c6cc(-c7ccc(C)cc7)ccc65)ccc4-n4c5ccc(-c6ccc(C)cc6)cc5c5cc(-c6ccc(C)cc6)ccc54)nc(-c4ccccc4)n3)c2)cc1. The topological polar surface area (TPSA) is 71.3 Å². The molecule has 7 heterocycles. The molecule has 144 heavy (non-hydrogen) atoms. The van der Waals surface area contributed by atoms with Crippen molar-refractivity contribution < 1.29 is 0 Å². The van der Waals surface area contributed by atoms with Gasteiger partial charge in [-0.3, -0.25) is 9.97 Å². The summed E-state index contributed by atoms with van der Waals surface area (Å²) in [5.74, 6) is 0.556.